The molecule has 0 spiro atoms. The summed E-state index contributed by atoms with van der Waals surface area (Å²) in [6.07, 6.45) is 2.30. The molecule has 0 heterocycles. The third-order valence-electron chi connectivity index (χ3n) is 3.71. The highest BCUT2D eigenvalue weighted by atomic mass is 19.1. The molecule has 2 aromatic rings. The van der Waals surface area contributed by atoms with Crippen LogP contribution in [0, 0.1) is 17.6 Å². The number of rotatable bonds is 5. The van der Waals surface area contributed by atoms with Crippen molar-refractivity contribution < 1.29 is 13.5 Å². The summed E-state index contributed by atoms with van der Waals surface area (Å²) in [7, 11) is 0. The number of benzene rings is 2. The fourth-order valence-electron chi connectivity index (χ4n) is 2.18. The van der Waals surface area contributed by atoms with Gasteiger partial charge in [0.05, 0.1) is 12.6 Å². The molecule has 2 N–H and O–H groups in total. The van der Waals surface area contributed by atoms with Gasteiger partial charge in [-0.3, -0.25) is 0 Å². The maximum Gasteiger partial charge on any atom is 0.165 e. The second kappa shape index (κ2) is 5.82. The van der Waals surface area contributed by atoms with Gasteiger partial charge in [0.1, 0.15) is 5.82 Å². The molecule has 1 fully saturated rings. The van der Waals surface area contributed by atoms with Crippen molar-refractivity contribution in [1.29, 1.82) is 0 Å². The van der Waals surface area contributed by atoms with Crippen LogP contribution in [0.25, 0.3) is 0 Å². The first-order chi connectivity index (χ1) is 10.1. The maximum absolute atomic E-state index is 13.7. The van der Waals surface area contributed by atoms with Crippen molar-refractivity contribution in [2.24, 2.45) is 11.7 Å². The molecule has 1 unspecified atom stereocenters. The van der Waals surface area contributed by atoms with Gasteiger partial charge in [-0.1, -0.05) is 18.2 Å². The predicted octanol–water partition coefficient (Wildman–Crippen LogP) is 3.80. The standard InChI is InChI=1S/C17H17F2NO/c18-14-6-3-12(4-7-14)17(20)13-5-8-15(19)16(9-13)21-10-11-1-2-11/h3-9,11,17H,1-2,10,20H2. The smallest absolute Gasteiger partial charge is 0.165 e. The summed E-state index contributed by atoms with van der Waals surface area (Å²) >= 11 is 0. The summed E-state index contributed by atoms with van der Waals surface area (Å²) in [6, 6.07) is 10.2. The van der Waals surface area contributed by atoms with Crippen LogP contribution in [-0.2, 0) is 0 Å². The molecule has 1 aliphatic rings. The SMILES string of the molecule is NC(c1ccc(F)cc1)c1ccc(F)c(OCC2CC2)c1. The van der Waals surface area contributed by atoms with Gasteiger partial charge < -0.3 is 10.5 Å². The number of halogens is 2. The quantitative estimate of drug-likeness (QED) is 0.908. The molecule has 2 aromatic carbocycles. The van der Waals surface area contributed by atoms with Gasteiger partial charge in [-0.2, -0.15) is 0 Å². The van der Waals surface area contributed by atoms with E-state index in [9.17, 15) is 8.78 Å². The zero-order chi connectivity index (χ0) is 14.8. The second-order valence-electron chi connectivity index (χ2n) is 5.47. The first-order valence-corrected chi connectivity index (χ1v) is 7.07. The zero-order valence-corrected chi connectivity index (χ0v) is 11.6. The van der Waals surface area contributed by atoms with Crippen molar-refractivity contribution in [3.05, 3.63) is 65.2 Å². The van der Waals surface area contributed by atoms with Crippen LogP contribution < -0.4 is 10.5 Å². The van der Waals surface area contributed by atoms with Gasteiger partial charge in [-0.15, -0.1) is 0 Å². The van der Waals surface area contributed by atoms with E-state index in [1.54, 1.807) is 24.3 Å². The number of nitrogens with two attached hydrogens (primary N) is 1. The fraction of sp³-hybridized carbons (Fsp3) is 0.294. The molecule has 0 aromatic heterocycles. The topological polar surface area (TPSA) is 35.2 Å². The molecule has 1 aliphatic carbocycles. The van der Waals surface area contributed by atoms with Crippen molar-refractivity contribution in [1.82, 2.24) is 0 Å². The lowest BCUT2D eigenvalue weighted by Crippen LogP contribution is -2.12. The lowest BCUT2D eigenvalue weighted by atomic mass is 9.99. The van der Waals surface area contributed by atoms with E-state index in [-0.39, 0.29) is 17.4 Å². The Bertz CT molecular complexity index is 623. The summed E-state index contributed by atoms with van der Waals surface area (Å²) in [5, 5.41) is 0. The number of hydrogen-bond acceptors (Lipinski definition) is 2. The highest BCUT2D eigenvalue weighted by molar-refractivity contribution is 5.37. The Morgan fingerprint density at radius 1 is 1.05 bits per heavy atom. The third-order valence-corrected chi connectivity index (χ3v) is 3.71. The van der Waals surface area contributed by atoms with E-state index >= 15 is 0 Å². The normalized spacial score (nSPS) is 15.8. The van der Waals surface area contributed by atoms with E-state index in [0.717, 1.165) is 24.0 Å². The molecule has 0 aliphatic heterocycles. The summed E-state index contributed by atoms with van der Waals surface area (Å²) in [5.74, 6) is 0.0972. The van der Waals surface area contributed by atoms with Crippen molar-refractivity contribution >= 4 is 0 Å². The Hall–Kier alpha value is -1.94. The van der Waals surface area contributed by atoms with E-state index < -0.39 is 6.04 Å². The maximum atomic E-state index is 13.7. The molecule has 1 saturated carbocycles. The van der Waals surface area contributed by atoms with Crippen molar-refractivity contribution in [3.63, 3.8) is 0 Å². The lowest BCUT2D eigenvalue weighted by Gasteiger charge is -2.15. The molecule has 4 heteroatoms. The van der Waals surface area contributed by atoms with Crippen LogP contribution in [0.3, 0.4) is 0 Å². The van der Waals surface area contributed by atoms with E-state index in [2.05, 4.69) is 0 Å². The molecule has 0 radical (unpaired) electrons. The van der Waals surface area contributed by atoms with Gasteiger partial charge in [0.15, 0.2) is 11.6 Å². The first-order valence-electron chi connectivity index (χ1n) is 7.07. The van der Waals surface area contributed by atoms with Crippen LogP contribution in [0.15, 0.2) is 42.5 Å². The average Bonchev–Trinajstić information content (AvgIpc) is 3.31. The Kier molecular flexibility index (Phi) is 3.88. The molecule has 21 heavy (non-hydrogen) atoms. The molecule has 110 valence electrons. The minimum absolute atomic E-state index is 0.233. The molecule has 3 rings (SSSR count). The Balaban J connectivity index is 1.79. The summed E-state index contributed by atoms with van der Waals surface area (Å²) < 4.78 is 32.2. The minimum atomic E-state index is -0.436. The monoisotopic (exact) mass is 289 g/mol. The van der Waals surface area contributed by atoms with E-state index in [4.69, 9.17) is 10.5 Å². The second-order valence-corrected chi connectivity index (χ2v) is 5.47. The van der Waals surface area contributed by atoms with Crippen LogP contribution in [0.4, 0.5) is 8.78 Å². The highest BCUT2D eigenvalue weighted by Gasteiger charge is 2.22. The van der Waals surface area contributed by atoms with E-state index in [1.807, 2.05) is 0 Å². The summed E-state index contributed by atoms with van der Waals surface area (Å²) in [5.41, 5.74) is 7.67. The highest BCUT2D eigenvalue weighted by Crippen LogP contribution is 2.31. The number of hydrogen-bond donors (Lipinski definition) is 1. The van der Waals surface area contributed by atoms with Gasteiger partial charge in [0.2, 0.25) is 0 Å². The van der Waals surface area contributed by atoms with E-state index in [1.165, 1.54) is 18.2 Å². The van der Waals surface area contributed by atoms with Gasteiger partial charge in [0, 0.05) is 0 Å². The predicted molar refractivity (Wildman–Crippen MR) is 77.0 cm³/mol. The molecule has 0 bridgehead atoms. The third kappa shape index (κ3) is 3.39. The molecule has 2 nitrogen and oxygen atoms in total. The van der Waals surface area contributed by atoms with E-state index in [0.29, 0.717) is 12.5 Å². The van der Waals surface area contributed by atoms with Crippen LogP contribution in [0.1, 0.15) is 30.0 Å². The Morgan fingerprint density at radius 2 is 1.71 bits per heavy atom. The zero-order valence-electron chi connectivity index (χ0n) is 11.6. The Labute approximate surface area is 122 Å². The van der Waals surface area contributed by atoms with Gasteiger partial charge in [-0.25, -0.2) is 8.78 Å². The lowest BCUT2D eigenvalue weighted by molar-refractivity contribution is 0.285. The van der Waals surface area contributed by atoms with Crippen LogP contribution in [0.5, 0.6) is 5.75 Å². The average molecular weight is 289 g/mol. The molecular formula is C17H17F2NO. The van der Waals surface area contributed by atoms with Crippen molar-refractivity contribution in [2.45, 2.75) is 18.9 Å². The molecular weight excluding hydrogens is 272 g/mol. The first kappa shape index (κ1) is 14.0. The van der Waals surface area contributed by atoms with Gasteiger partial charge >= 0.3 is 0 Å². The largest absolute Gasteiger partial charge is 0.490 e. The summed E-state index contributed by atoms with van der Waals surface area (Å²) in [4.78, 5) is 0. The van der Waals surface area contributed by atoms with Crippen molar-refractivity contribution in [2.75, 3.05) is 6.61 Å². The summed E-state index contributed by atoms with van der Waals surface area (Å²) in [6.45, 7) is 0.548. The molecule has 0 saturated heterocycles. The van der Waals surface area contributed by atoms with Crippen LogP contribution >= 0.6 is 0 Å². The van der Waals surface area contributed by atoms with Crippen LogP contribution in [0.2, 0.25) is 0 Å². The van der Waals surface area contributed by atoms with Crippen molar-refractivity contribution in [3.8, 4) is 5.75 Å². The van der Waals surface area contributed by atoms with Crippen LogP contribution in [-0.4, -0.2) is 6.61 Å². The fourth-order valence-corrected chi connectivity index (χ4v) is 2.18. The van der Waals surface area contributed by atoms with Gasteiger partial charge in [-0.05, 0) is 54.2 Å². The Morgan fingerprint density at radius 3 is 2.38 bits per heavy atom. The molecule has 0 amide bonds. The molecule has 1 atom stereocenters. The minimum Gasteiger partial charge on any atom is -0.490 e. The number of ether oxygens (including phenoxy) is 1. The van der Waals surface area contributed by atoms with Gasteiger partial charge in [0.25, 0.3) is 0 Å².